The number of nitriles is 1. The number of rotatable bonds is 5. The van der Waals surface area contributed by atoms with E-state index in [-0.39, 0.29) is 5.57 Å². The molecular weight excluding hydrogens is 304 g/mol. The fraction of sp³-hybridized carbons (Fsp3) is 0.105. The summed E-state index contributed by atoms with van der Waals surface area (Å²) in [6.45, 7) is 2.03. The fourth-order valence-electron chi connectivity index (χ4n) is 1.97. The first-order valence-electron chi connectivity index (χ1n) is 7.39. The molecule has 0 saturated carbocycles. The number of hydrogen-bond acceptors (Lipinski definition) is 4. The highest BCUT2D eigenvalue weighted by atomic mass is 16.5. The largest absolute Gasteiger partial charge is 0.462 e. The van der Waals surface area contributed by atoms with Gasteiger partial charge in [0.05, 0.1) is 12.2 Å². The van der Waals surface area contributed by atoms with Crippen LogP contribution in [0.4, 0.5) is 5.69 Å². The van der Waals surface area contributed by atoms with Crippen molar-refractivity contribution in [2.45, 2.75) is 6.92 Å². The van der Waals surface area contributed by atoms with Crippen LogP contribution >= 0.6 is 0 Å². The molecule has 0 aliphatic carbocycles. The van der Waals surface area contributed by atoms with Gasteiger partial charge in [0.2, 0.25) is 0 Å². The van der Waals surface area contributed by atoms with Crippen LogP contribution in [0.3, 0.4) is 0 Å². The van der Waals surface area contributed by atoms with Gasteiger partial charge in [-0.15, -0.1) is 0 Å². The number of ether oxygens (including phenoxy) is 1. The molecule has 0 aromatic heterocycles. The highest BCUT2D eigenvalue weighted by molar-refractivity contribution is 6.09. The van der Waals surface area contributed by atoms with Crippen molar-refractivity contribution in [3.05, 3.63) is 71.3 Å². The summed E-state index contributed by atoms with van der Waals surface area (Å²) in [6, 6.07) is 17.3. The lowest BCUT2D eigenvalue weighted by Gasteiger charge is -2.06. The van der Waals surface area contributed by atoms with Gasteiger partial charge in [-0.3, -0.25) is 4.79 Å². The normalized spacial score (nSPS) is 10.6. The van der Waals surface area contributed by atoms with Crippen LogP contribution in [0, 0.1) is 11.3 Å². The van der Waals surface area contributed by atoms with Crippen LogP contribution in [0.5, 0.6) is 0 Å². The third-order valence-corrected chi connectivity index (χ3v) is 3.13. The van der Waals surface area contributed by atoms with E-state index in [0.717, 1.165) is 5.56 Å². The first-order valence-corrected chi connectivity index (χ1v) is 7.39. The van der Waals surface area contributed by atoms with E-state index in [2.05, 4.69) is 5.32 Å². The Balaban J connectivity index is 2.09. The number of anilines is 1. The van der Waals surface area contributed by atoms with Gasteiger partial charge in [-0.1, -0.05) is 30.3 Å². The number of nitrogens with zero attached hydrogens (tertiary/aromatic N) is 1. The zero-order valence-corrected chi connectivity index (χ0v) is 13.2. The second-order valence-corrected chi connectivity index (χ2v) is 4.83. The molecule has 0 radical (unpaired) electrons. The molecule has 5 nitrogen and oxygen atoms in total. The van der Waals surface area contributed by atoms with Crippen molar-refractivity contribution in [1.82, 2.24) is 0 Å². The first-order chi connectivity index (χ1) is 11.6. The number of esters is 1. The molecule has 2 aromatic carbocycles. The SMILES string of the molecule is CCOC(=O)c1ccc(NC(=O)C(C#N)=Cc2ccccc2)cc1. The topological polar surface area (TPSA) is 79.2 Å². The third kappa shape index (κ3) is 4.55. The number of hydrogen-bond donors (Lipinski definition) is 1. The maximum atomic E-state index is 12.2. The highest BCUT2D eigenvalue weighted by Crippen LogP contribution is 2.13. The summed E-state index contributed by atoms with van der Waals surface area (Å²) in [7, 11) is 0. The molecule has 24 heavy (non-hydrogen) atoms. The van der Waals surface area contributed by atoms with Crippen LogP contribution in [-0.4, -0.2) is 18.5 Å². The van der Waals surface area contributed by atoms with Crippen LogP contribution in [0.2, 0.25) is 0 Å². The van der Waals surface area contributed by atoms with Crippen molar-refractivity contribution in [3.8, 4) is 6.07 Å². The Morgan fingerprint density at radius 1 is 1.12 bits per heavy atom. The second-order valence-electron chi connectivity index (χ2n) is 4.83. The molecule has 120 valence electrons. The van der Waals surface area contributed by atoms with E-state index in [1.807, 2.05) is 24.3 Å². The molecule has 0 unspecified atom stereocenters. The lowest BCUT2D eigenvalue weighted by Crippen LogP contribution is -2.13. The van der Waals surface area contributed by atoms with Gasteiger partial charge >= 0.3 is 5.97 Å². The monoisotopic (exact) mass is 320 g/mol. The minimum atomic E-state index is -0.509. The Bertz CT molecular complexity index is 788. The van der Waals surface area contributed by atoms with Crippen molar-refractivity contribution in [1.29, 1.82) is 5.26 Å². The summed E-state index contributed by atoms with van der Waals surface area (Å²) < 4.78 is 4.89. The molecule has 0 bridgehead atoms. The molecule has 1 N–H and O–H groups in total. The van der Waals surface area contributed by atoms with Crippen molar-refractivity contribution >= 4 is 23.6 Å². The van der Waals surface area contributed by atoms with Crippen LogP contribution in [0.1, 0.15) is 22.8 Å². The summed E-state index contributed by atoms with van der Waals surface area (Å²) in [6.07, 6.45) is 1.52. The first kappa shape index (κ1) is 17.0. The van der Waals surface area contributed by atoms with E-state index in [0.29, 0.717) is 17.9 Å². The number of nitrogens with one attached hydrogen (secondary N) is 1. The maximum Gasteiger partial charge on any atom is 0.338 e. The summed E-state index contributed by atoms with van der Waals surface area (Å²) in [4.78, 5) is 23.8. The van der Waals surface area contributed by atoms with Crippen molar-refractivity contribution in [3.63, 3.8) is 0 Å². The number of benzene rings is 2. The Hall–Kier alpha value is -3.39. The Labute approximate surface area is 140 Å². The molecule has 0 aliphatic rings. The smallest absolute Gasteiger partial charge is 0.338 e. The van der Waals surface area contributed by atoms with Gasteiger partial charge < -0.3 is 10.1 Å². The summed E-state index contributed by atoms with van der Waals surface area (Å²) >= 11 is 0. The quantitative estimate of drug-likeness (QED) is 0.520. The minimum absolute atomic E-state index is 0.00401. The predicted molar refractivity (Wildman–Crippen MR) is 91.1 cm³/mol. The van der Waals surface area contributed by atoms with E-state index in [9.17, 15) is 14.9 Å². The van der Waals surface area contributed by atoms with Crippen LogP contribution in [0.15, 0.2) is 60.2 Å². The molecule has 0 heterocycles. The molecule has 0 saturated heterocycles. The highest BCUT2D eigenvalue weighted by Gasteiger charge is 2.11. The number of amides is 1. The summed E-state index contributed by atoms with van der Waals surface area (Å²) in [5, 5.41) is 11.8. The molecule has 2 rings (SSSR count). The number of carbonyl (C=O) groups is 2. The maximum absolute atomic E-state index is 12.2. The second kappa shape index (κ2) is 8.30. The third-order valence-electron chi connectivity index (χ3n) is 3.13. The fourth-order valence-corrected chi connectivity index (χ4v) is 1.97. The van der Waals surface area contributed by atoms with E-state index in [1.165, 1.54) is 6.08 Å². The van der Waals surface area contributed by atoms with Gasteiger partial charge in [0.1, 0.15) is 11.6 Å². The van der Waals surface area contributed by atoms with E-state index in [4.69, 9.17) is 4.74 Å². The van der Waals surface area contributed by atoms with E-state index >= 15 is 0 Å². The predicted octanol–water partition coefficient (Wildman–Crippen LogP) is 3.41. The molecule has 1 amide bonds. The average Bonchev–Trinajstić information content (AvgIpc) is 2.61. The molecule has 0 fully saturated rings. The van der Waals surface area contributed by atoms with Crippen molar-refractivity contribution in [2.24, 2.45) is 0 Å². The zero-order valence-electron chi connectivity index (χ0n) is 13.2. The molecule has 0 aliphatic heterocycles. The Kier molecular flexibility index (Phi) is 5.87. The van der Waals surface area contributed by atoms with E-state index in [1.54, 1.807) is 43.3 Å². The van der Waals surface area contributed by atoms with Crippen LogP contribution in [0.25, 0.3) is 6.08 Å². The number of carbonyl (C=O) groups excluding carboxylic acids is 2. The van der Waals surface area contributed by atoms with Crippen LogP contribution in [-0.2, 0) is 9.53 Å². The van der Waals surface area contributed by atoms with Crippen molar-refractivity contribution < 1.29 is 14.3 Å². The Morgan fingerprint density at radius 2 is 1.79 bits per heavy atom. The summed E-state index contributed by atoms with van der Waals surface area (Å²) in [5.41, 5.74) is 1.65. The molecule has 0 spiro atoms. The summed E-state index contributed by atoms with van der Waals surface area (Å²) in [5.74, 6) is -0.928. The standard InChI is InChI=1S/C19H16N2O3/c1-2-24-19(23)15-8-10-17(11-9-15)21-18(22)16(13-20)12-14-6-4-3-5-7-14/h3-12H,2H2,1H3,(H,21,22). The zero-order chi connectivity index (χ0) is 17.4. The molecule has 2 aromatic rings. The van der Waals surface area contributed by atoms with Gasteiger partial charge in [-0.05, 0) is 42.8 Å². The molecule has 0 atom stereocenters. The van der Waals surface area contributed by atoms with Gasteiger partial charge in [-0.2, -0.15) is 5.26 Å². The lowest BCUT2D eigenvalue weighted by atomic mass is 10.1. The van der Waals surface area contributed by atoms with Gasteiger partial charge in [0.25, 0.3) is 5.91 Å². The lowest BCUT2D eigenvalue weighted by molar-refractivity contribution is -0.112. The van der Waals surface area contributed by atoms with E-state index < -0.39 is 11.9 Å². The molecular formula is C19H16N2O3. The van der Waals surface area contributed by atoms with Gasteiger partial charge in [0, 0.05) is 5.69 Å². The van der Waals surface area contributed by atoms with Crippen molar-refractivity contribution in [2.75, 3.05) is 11.9 Å². The van der Waals surface area contributed by atoms with Gasteiger partial charge in [-0.25, -0.2) is 4.79 Å². The van der Waals surface area contributed by atoms with Crippen LogP contribution < -0.4 is 5.32 Å². The Morgan fingerprint density at radius 3 is 2.38 bits per heavy atom. The minimum Gasteiger partial charge on any atom is -0.462 e. The van der Waals surface area contributed by atoms with Gasteiger partial charge in [0.15, 0.2) is 0 Å². The average molecular weight is 320 g/mol. The molecule has 5 heteroatoms.